The van der Waals surface area contributed by atoms with E-state index in [0.29, 0.717) is 23.7 Å². The van der Waals surface area contributed by atoms with Gasteiger partial charge in [0.15, 0.2) is 0 Å². The number of rotatable bonds is 1. The maximum atomic E-state index is 13.2. The van der Waals surface area contributed by atoms with E-state index in [0.717, 1.165) is 29.2 Å². The van der Waals surface area contributed by atoms with Crippen molar-refractivity contribution >= 4 is 21.9 Å². The topological polar surface area (TPSA) is 38.4 Å². The first kappa shape index (κ1) is 14.3. The third-order valence-corrected chi connectivity index (χ3v) is 6.17. The van der Waals surface area contributed by atoms with Crippen LogP contribution in [0.4, 0.5) is 0 Å². The third-order valence-electron chi connectivity index (χ3n) is 6.17. The fourth-order valence-electron chi connectivity index (χ4n) is 4.85. The van der Waals surface area contributed by atoms with Gasteiger partial charge in [0.1, 0.15) is 11.2 Å². The molecule has 2 fully saturated rings. The van der Waals surface area contributed by atoms with E-state index in [9.17, 15) is 4.79 Å². The van der Waals surface area contributed by atoms with Gasteiger partial charge in [-0.15, -0.1) is 0 Å². The Morgan fingerprint density at radius 2 is 1.75 bits per heavy atom. The Kier molecular flexibility index (Phi) is 3.10. The standard InChI is InChI=1S/C20H22N2O2/c1-21-13-5-4-6-14(21)12-15(11-13)22-10-9-18-19(20(22)23)16-7-2-3-8-17(16)24-18/h2-3,7-10,13-15H,4-6,11-12H2,1H3/t13-,14+,15+. The summed E-state index contributed by atoms with van der Waals surface area (Å²) in [6.45, 7) is 0. The van der Waals surface area contributed by atoms with Gasteiger partial charge in [-0.05, 0) is 44.9 Å². The molecule has 24 heavy (non-hydrogen) atoms. The van der Waals surface area contributed by atoms with E-state index >= 15 is 0 Å². The van der Waals surface area contributed by atoms with Crippen LogP contribution < -0.4 is 5.56 Å². The first-order valence-corrected chi connectivity index (χ1v) is 8.96. The summed E-state index contributed by atoms with van der Waals surface area (Å²) in [5, 5.41) is 1.66. The highest BCUT2D eigenvalue weighted by Crippen LogP contribution is 2.38. The van der Waals surface area contributed by atoms with E-state index in [1.807, 2.05) is 41.1 Å². The van der Waals surface area contributed by atoms with Crippen molar-refractivity contribution in [3.05, 3.63) is 46.9 Å². The van der Waals surface area contributed by atoms with Gasteiger partial charge in [0, 0.05) is 29.7 Å². The van der Waals surface area contributed by atoms with E-state index < -0.39 is 0 Å². The molecule has 5 rings (SSSR count). The Balaban J connectivity index is 1.64. The molecule has 0 aliphatic carbocycles. The number of furan rings is 1. The number of hydrogen-bond donors (Lipinski definition) is 0. The first-order valence-electron chi connectivity index (χ1n) is 8.96. The Morgan fingerprint density at radius 1 is 1.00 bits per heavy atom. The van der Waals surface area contributed by atoms with Crippen molar-refractivity contribution in [2.45, 2.75) is 50.2 Å². The summed E-state index contributed by atoms with van der Waals surface area (Å²) in [5.41, 5.74) is 1.60. The molecule has 0 unspecified atom stereocenters. The Morgan fingerprint density at radius 3 is 2.54 bits per heavy atom. The van der Waals surface area contributed by atoms with Crippen molar-refractivity contribution < 1.29 is 4.42 Å². The molecule has 0 N–H and O–H groups in total. The molecule has 2 aliphatic rings. The van der Waals surface area contributed by atoms with Crippen LogP contribution in [-0.2, 0) is 0 Å². The van der Waals surface area contributed by atoms with Gasteiger partial charge in [0.2, 0.25) is 0 Å². The molecular weight excluding hydrogens is 300 g/mol. The largest absolute Gasteiger partial charge is 0.456 e. The molecule has 0 amide bonds. The van der Waals surface area contributed by atoms with Gasteiger partial charge in [-0.25, -0.2) is 0 Å². The third kappa shape index (κ3) is 1.99. The minimum atomic E-state index is 0.102. The second kappa shape index (κ2) is 5.21. The summed E-state index contributed by atoms with van der Waals surface area (Å²) in [6, 6.07) is 11.3. The lowest BCUT2D eigenvalue weighted by molar-refractivity contribution is 0.0393. The van der Waals surface area contributed by atoms with Crippen LogP contribution in [0.25, 0.3) is 21.9 Å². The molecule has 2 bridgehead atoms. The number of pyridine rings is 1. The number of benzene rings is 1. The quantitative estimate of drug-likeness (QED) is 0.681. The average Bonchev–Trinajstić information content (AvgIpc) is 2.94. The van der Waals surface area contributed by atoms with Crippen LogP contribution >= 0.6 is 0 Å². The molecule has 1 aromatic carbocycles. The lowest BCUT2D eigenvalue weighted by Crippen LogP contribution is -2.50. The highest BCUT2D eigenvalue weighted by Gasteiger charge is 2.37. The van der Waals surface area contributed by atoms with Crippen molar-refractivity contribution in [3.63, 3.8) is 0 Å². The molecule has 4 nitrogen and oxygen atoms in total. The Hall–Kier alpha value is -2.07. The molecule has 124 valence electrons. The number of para-hydroxylation sites is 1. The van der Waals surface area contributed by atoms with Crippen LogP contribution in [0.3, 0.4) is 0 Å². The van der Waals surface area contributed by atoms with E-state index in [1.54, 1.807) is 0 Å². The van der Waals surface area contributed by atoms with Gasteiger partial charge in [0.25, 0.3) is 5.56 Å². The van der Waals surface area contributed by atoms with Gasteiger partial charge >= 0.3 is 0 Å². The van der Waals surface area contributed by atoms with Gasteiger partial charge in [-0.3, -0.25) is 4.79 Å². The summed E-state index contributed by atoms with van der Waals surface area (Å²) in [7, 11) is 2.25. The molecule has 2 aromatic heterocycles. The van der Waals surface area contributed by atoms with Gasteiger partial charge < -0.3 is 13.9 Å². The SMILES string of the molecule is CN1[C@@H]2CCC[C@H]1C[C@@H](n1ccc3oc4ccccc4c3c1=O)C2. The zero-order valence-corrected chi connectivity index (χ0v) is 13.9. The van der Waals surface area contributed by atoms with Crippen LogP contribution in [0.15, 0.2) is 45.7 Å². The monoisotopic (exact) mass is 322 g/mol. The zero-order chi connectivity index (χ0) is 16.3. The van der Waals surface area contributed by atoms with Crippen LogP contribution in [0.1, 0.15) is 38.1 Å². The normalized spacial score (nSPS) is 27.8. The number of hydrogen-bond acceptors (Lipinski definition) is 3. The Bertz CT molecular complexity index is 957. The average molecular weight is 322 g/mol. The van der Waals surface area contributed by atoms with E-state index in [2.05, 4.69) is 11.9 Å². The molecule has 2 aliphatic heterocycles. The van der Waals surface area contributed by atoms with Crippen molar-refractivity contribution in [3.8, 4) is 0 Å². The van der Waals surface area contributed by atoms with E-state index in [-0.39, 0.29) is 5.56 Å². The lowest BCUT2D eigenvalue weighted by atomic mass is 9.82. The number of fused-ring (bicyclic) bond motifs is 5. The maximum Gasteiger partial charge on any atom is 0.262 e. The van der Waals surface area contributed by atoms with Crippen LogP contribution in [0.5, 0.6) is 0 Å². The molecule has 0 saturated carbocycles. The van der Waals surface area contributed by atoms with Crippen LogP contribution in [0.2, 0.25) is 0 Å². The van der Waals surface area contributed by atoms with Crippen molar-refractivity contribution in [1.82, 2.24) is 9.47 Å². The molecule has 4 heteroatoms. The molecule has 2 saturated heterocycles. The second-order valence-electron chi connectivity index (χ2n) is 7.39. The maximum absolute atomic E-state index is 13.2. The fourth-order valence-corrected chi connectivity index (χ4v) is 4.85. The predicted molar refractivity (Wildman–Crippen MR) is 95.4 cm³/mol. The fraction of sp³-hybridized carbons (Fsp3) is 0.450. The summed E-state index contributed by atoms with van der Waals surface area (Å²) in [5.74, 6) is 0. The molecule has 0 spiro atoms. The molecule has 4 heterocycles. The number of piperidine rings is 2. The van der Waals surface area contributed by atoms with Crippen molar-refractivity contribution in [1.29, 1.82) is 0 Å². The van der Waals surface area contributed by atoms with Gasteiger partial charge in [0.05, 0.1) is 5.39 Å². The smallest absolute Gasteiger partial charge is 0.262 e. The van der Waals surface area contributed by atoms with Crippen LogP contribution in [0, 0.1) is 0 Å². The summed E-state index contributed by atoms with van der Waals surface area (Å²) < 4.78 is 7.82. The molecule has 3 aromatic rings. The highest BCUT2D eigenvalue weighted by molar-refractivity contribution is 6.04. The highest BCUT2D eigenvalue weighted by atomic mass is 16.3. The second-order valence-corrected chi connectivity index (χ2v) is 7.39. The van der Waals surface area contributed by atoms with Gasteiger partial charge in [-0.2, -0.15) is 0 Å². The number of aromatic nitrogens is 1. The van der Waals surface area contributed by atoms with Crippen LogP contribution in [-0.4, -0.2) is 28.6 Å². The predicted octanol–water partition coefficient (Wildman–Crippen LogP) is 3.94. The molecular formula is C20H22N2O2. The van der Waals surface area contributed by atoms with Crippen molar-refractivity contribution in [2.75, 3.05) is 7.05 Å². The minimum Gasteiger partial charge on any atom is -0.456 e. The summed E-state index contributed by atoms with van der Waals surface area (Å²) in [4.78, 5) is 15.7. The minimum absolute atomic E-state index is 0.102. The van der Waals surface area contributed by atoms with E-state index in [4.69, 9.17) is 4.42 Å². The number of nitrogens with zero attached hydrogens (tertiary/aromatic N) is 2. The molecule has 0 radical (unpaired) electrons. The lowest BCUT2D eigenvalue weighted by Gasteiger charge is -2.47. The summed E-state index contributed by atoms with van der Waals surface area (Å²) in [6.07, 6.45) is 7.94. The van der Waals surface area contributed by atoms with E-state index in [1.165, 1.54) is 19.3 Å². The molecule has 3 atom stereocenters. The Labute approximate surface area is 140 Å². The summed E-state index contributed by atoms with van der Waals surface area (Å²) >= 11 is 0. The van der Waals surface area contributed by atoms with Crippen molar-refractivity contribution in [2.24, 2.45) is 0 Å². The zero-order valence-electron chi connectivity index (χ0n) is 13.9. The first-order chi connectivity index (χ1) is 11.7. The van der Waals surface area contributed by atoms with Gasteiger partial charge in [-0.1, -0.05) is 24.6 Å².